The minimum absolute atomic E-state index is 0.116. The van der Waals surface area contributed by atoms with Crippen molar-refractivity contribution in [2.75, 3.05) is 25.6 Å². The first-order chi connectivity index (χ1) is 20.9. The van der Waals surface area contributed by atoms with Crippen LogP contribution in [0.3, 0.4) is 0 Å². The first-order valence-corrected chi connectivity index (χ1v) is 14.5. The maximum atomic E-state index is 13.1. The number of anilines is 1. The van der Waals surface area contributed by atoms with Crippen LogP contribution >= 0.6 is 0 Å². The van der Waals surface area contributed by atoms with Crippen LogP contribution in [0.4, 0.5) is 5.69 Å². The van der Waals surface area contributed by atoms with Crippen LogP contribution in [0.1, 0.15) is 66.1 Å². The lowest BCUT2D eigenvalue weighted by Gasteiger charge is -2.25. The molecule has 2 atom stereocenters. The number of nitrogens with zero attached hydrogens (tertiary/aromatic N) is 5. The van der Waals surface area contributed by atoms with Crippen molar-refractivity contribution < 1.29 is 28.6 Å². The van der Waals surface area contributed by atoms with Gasteiger partial charge in [0, 0.05) is 24.8 Å². The molecule has 236 valence electrons. The molecule has 4 aromatic rings. The van der Waals surface area contributed by atoms with Crippen molar-refractivity contribution in [2.45, 2.75) is 60.3 Å². The molecule has 0 saturated carbocycles. The number of carbonyl (C=O) groups excluding carboxylic acids is 3. The molecule has 3 heterocycles. The van der Waals surface area contributed by atoms with E-state index in [2.05, 4.69) is 25.9 Å². The number of benzene rings is 1. The van der Waals surface area contributed by atoms with E-state index in [1.54, 1.807) is 44.5 Å². The summed E-state index contributed by atoms with van der Waals surface area (Å²) in [6.07, 6.45) is 4.24. The summed E-state index contributed by atoms with van der Waals surface area (Å²) in [6, 6.07) is 7.05. The first-order valence-electron chi connectivity index (χ1n) is 14.5. The zero-order chi connectivity index (χ0) is 32.0. The van der Waals surface area contributed by atoms with Crippen LogP contribution in [-0.4, -0.2) is 67.6 Å². The monoisotopic (exact) mass is 608 g/mol. The van der Waals surface area contributed by atoms with Gasteiger partial charge in [0.15, 0.2) is 5.69 Å². The van der Waals surface area contributed by atoms with Crippen LogP contribution in [0.2, 0.25) is 0 Å². The number of aromatic amines is 1. The Morgan fingerprint density at radius 3 is 2.48 bits per heavy atom. The van der Waals surface area contributed by atoms with Crippen molar-refractivity contribution >= 4 is 29.1 Å². The molecular weight excluding hydrogens is 568 g/mol. The molecule has 44 heavy (non-hydrogen) atoms. The average Bonchev–Trinajstić information content (AvgIpc) is 3.69. The predicted octanol–water partition coefficient (Wildman–Crippen LogP) is 4.23. The Hall–Kier alpha value is -4.88. The molecule has 0 fully saturated rings. The van der Waals surface area contributed by atoms with E-state index in [-0.39, 0.29) is 35.5 Å². The van der Waals surface area contributed by atoms with Gasteiger partial charge in [-0.05, 0) is 44.0 Å². The fourth-order valence-corrected chi connectivity index (χ4v) is 4.44. The number of fused-ring (bicyclic) bond motifs is 1. The van der Waals surface area contributed by atoms with Crippen LogP contribution in [0.15, 0.2) is 36.7 Å². The number of aromatic nitrogens is 6. The summed E-state index contributed by atoms with van der Waals surface area (Å²) in [4.78, 5) is 41.4. The highest BCUT2D eigenvalue weighted by Crippen LogP contribution is 2.32. The second-order valence-corrected chi connectivity index (χ2v) is 11.3. The zero-order valence-electron chi connectivity index (χ0n) is 26.1. The molecule has 14 heteroatoms. The third-order valence-corrected chi connectivity index (χ3v) is 7.20. The van der Waals surface area contributed by atoms with Crippen LogP contribution in [0.25, 0.3) is 11.3 Å². The first kappa shape index (κ1) is 32.0. The molecule has 0 radical (unpaired) electrons. The Morgan fingerprint density at radius 1 is 1.11 bits per heavy atom. The average molecular weight is 609 g/mol. The van der Waals surface area contributed by atoms with E-state index in [1.165, 1.54) is 22.4 Å². The Balaban J connectivity index is 1.52. The second-order valence-electron chi connectivity index (χ2n) is 11.3. The van der Waals surface area contributed by atoms with E-state index < -0.39 is 5.41 Å². The van der Waals surface area contributed by atoms with E-state index in [4.69, 9.17) is 19.2 Å². The van der Waals surface area contributed by atoms with Gasteiger partial charge >= 0.3 is 5.97 Å². The van der Waals surface area contributed by atoms with Gasteiger partial charge in [0.25, 0.3) is 5.88 Å². The lowest BCUT2D eigenvalue weighted by atomic mass is 9.84. The van der Waals surface area contributed by atoms with Crippen molar-refractivity contribution in [3.8, 4) is 23.1 Å². The molecule has 2 unspecified atom stereocenters. The Morgan fingerprint density at radius 2 is 1.82 bits per heavy atom. The highest BCUT2D eigenvalue weighted by Gasteiger charge is 2.30. The summed E-state index contributed by atoms with van der Waals surface area (Å²) in [5.41, 5.74) is 0.712. The summed E-state index contributed by atoms with van der Waals surface area (Å²) in [5, 5.41) is 17.9. The van der Waals surface area contributed by atoms with Gasteiger partial charge < -0.3 is 24.8 Å². The third-order valence-electron chi connectivity index (χ3n) is 7.20. The number of esters is 1. The molecule has 0 aliphatic rings. The van der Waals surface area contributed by atoms with Gasteiger partial charge in [-0.15, -0.1) is 9.73 Å². The van der Waals surface area contributed by atoms with Crippen molar-refractivity contribution in [3.63, 3.8) is 0 Å². The largest absolute Gasteiger partial charge is 0.497 e. The highest BCUT2D eigenvalue weighted by atomic mass is 16.5. The molecule has 14 nitrogen and oxygen atoms in total. The fraction of sp³-hybridized carbons (Fsp3) is 0.467. The molecule has 2 amide bonds. The lowest BCUT2D eigenvalue weighted by Crippen LogP contribution is -2.39. The van der Waals surface area contributed by atoms with E-state index in [0.29, 0.717) is 60.3 Å². The molecule has 3 aromatic heterocycles. The van der Waals surface area contributed by atoms with Crippen LogP contribution in [0, 0.1) is 11.3 Å². The number of ether oxygens (including phenoxy) is 3. The molecule has 0 aliphatic carbocycles. The Bertz CT molecular complexity index is 1600. The molecule has 1 aromatic carbocycles. The number of rotatable bonds is 14. The molecular formula is C30H40N8O6. The van der Waals surface area contributed by atoms with E-state index in [1.807, 2.05) is 27.7 Å². The minimum atomic E-state index is -0.676. The quantitative estimate of drug-likeness (QED) is 0.178. The number of hydrogen-bond acceptors (Lipinski definition) is 9. The summed E-state index contributed by atoms with van der Waals surface area (Å²) >= 11 is 0. The fourth-order valence-electron chi connectivity index (χ4n) is 4.44. The van der Waals surface area contributed by atoms with Gasteiger partial charge in [0.2, 0.25) is 17.5 Å². The number of nitrogens with one attached hydrogen (secondary N) is 3. The summed E-state index contributed by atoms with van der Waals surface area (Å²) < 4.78 is 19.4. The van der Waals surface area contributed by atoms with Gasteiger partial charge in [0.05, 0.1) is 37.7 Å². The smallest absolute Gasteiger partial charge is 0.308 e. The molecule has 3 N–H and O–H groups in total. The van der Waals surface area contributed by atoms with E-state index in [9.17, 15) is 14.4 Å². The number of methoxy groups -OCH3 is 1. The Kier molecular flexibility index (Phi) is 9.91. The van der Waals surface area contributed by atoms with Gasteiger partial charge in [-0.3, -0.25) is 19.5 Å². The van der Waals surface area contributed by atoms with Gasteiger partial charge in [0.1, 0.15) is 17.3 Å². The molecule has 0 aliphatic heterocycles. The van der Waals surface area contributed by atoms with Gasteiger partial charge in [-0.25, -0.2) is 9.67 Å². The SMILES string of the molecule is CCOC(=O)C(C)CCC(C)(C)C(=O)NCC(C)c1nc2c(-n3cc(NC(C)=O)cn3)c(Oc3ccc(OC)cc3)nn2[nH]1. The standard InChI is InChI=1S/C30H40N8O6/c1-8-43-28(40)18(2)13-14-30(5,6)29(41)31-15-19(3)25-34-26-24(37-17-21(16-32-37)33-20(4)39)27(36-38(26)35-25)44-23-11-9-22(42-7)10-12-23/h9-12,16-19H,8,13-15H2,1-7H3,(H,31,41)(H,33,39)(H,34,35). The molecule has 4 rings (SSSR count). The Labute approximate surface area is 255 Å². The van der Waals surface area contributed by atoms with Crippen molar-refractivity contribution in [2.24, 2.45) is 11.3 Å². The summed E-state index contributed by atoms with van der Waals surface area (Å²) in [5.74, 6) is 0.965. The van der Waals surface area contributed by atoms with Gasteiger partial charge in [-0.1, -0.05) is 27.7 Å². The van der Waals surface area contributed by atoms with E-state index in [0.717, 1.165) is 0 Å². The predicted molar refractivity (Wildman–Crippen MR) is 162 cm³/mol. The minimum Gasteiger partial charge on any atom is -0.497 e. The molecule has 0 spiro atoms. The number of hydrogen-bond donors (Lipinski definition) is 3. The number of amides is 2. The van der Waals surface area contributed by atoms with E-state index >= 15 is 0 Å². The second kappa shape index (κ2) is 13.6. The highest BCUT2D eigenvalue weighted by molar-refractivity contribution is 5.88. The molecule has 0 bridgehead atoms. The van der Waals surface area contributed by atoms with Crippen LogP contribution < -0.4 is 20.1 Å². The van der Waals surface area contributed by atoms with Crippen LogP contribution in [-0.2, 0) is 19.1 Å². The maximum absolute atomic E-state index is 13.1. The van der Waals surface area contributed by atoms with Crippen molar-refractivity contribution in [1.29, 1.82) is 0 Å². The number of H-pyrrole nitrogens is 1. The van der Waals surface area contributed by atoms with Gasteiger partial charge in [-0.2, -0.15) is 5.10 Å². The zero-order valence-corrected chi connectivity index (χ0v) is 26.1. The maximum Gasteiger partial charge on any atom is 0.308 e. The van der Waals surface area contributed by atoms with Crippen molar-refractivity contribution in [3.05, 3.63) is 42.5 Å². The molecule has 0 saturated heterocycles. The number of carbonyl (C=O) groups is 3. The topological polar surface area (TPSA) is 167 Å². The third kappa shape index (κ3) is 7.54. The summed E-state index contributed by atoms with van der Waals surface area (Å²) in [7, 11) is 1.59. The lowest BCUT2D eigenvalue weighted by molar-refractivity contribution is -0.148. The van der Waals surface area contributed by atoms with Crippen LogP contribution in [0.5, 0.6) is 17.4 Å². The summed E-state index contributed by atoms with van der Waals surface area (Å²) in [6.45, 7) is 11.3. The normalized spacial score (nSPS) is 12.9. The van der Waals surface area contributed by atoms with Crippen molar-refractivity contribution in [1.82, 2.24) is 34.9 Å².